The van der Waals surface area contributed by atoms with E-state index < -0.39 is 0 Å². The van der Waals surface area contributed by atoms with E-state index in [4.69, 9.17) is 10.7 Å². The zero-order valence-electron chi connectivity index (χ0n) is 17.8. The normalized spacial score (nSPS) is 12.3. The van der Waals surface area contributed by atoms with Gasteiger partial charge in [0.15, 0.2) is 9.50 Å². The number of thioether (sulfide) groups is 2. The number of hydrogen-bond acceptors (Lipinski definition) is 7. The number of hydrogen-bond donors (Lipinski definition) is 1. The molecule has 6 nitrogen and oxygen atoms in total. The Kier molecular flexibility index (Phi) is 7.83. The van der Waals surface area contributed by atoms with Crippen LogP contribution in [0.2, 0.25) is 0 Å². The maximum absolute atomic E-state index is 12.0. The highest BCUT2D eigenvalue weighted by Crippen LogP contribution is 2.33. The highest BCUT2D eigenvalue weighted by atomic mass is 32.2. The monoisotopic (exact) mass is 483 g/mol. The lowest BCUT2D eigenvalue weighted by Gasteiger charge is -2.14. The number of para-hydroxylation sites is 1. The molecule has 0 fully saturated rings. The Hall–Kier alpha value is -2.36. The van der Waals surface area contributed by atoms with Crippen LogP contribution in [0.4, 0.5) is 0 Å². The Bertz CT molecular complexity index is 1140. The molecule has 2 aromatic carbocycles. The number of amides is 1. The molecular formula is C23H25N5OS3. The van der Waals surface area contributed by atoms with Crippen LogP contribution in [-0.2, 0) is 17.1 Å². The first-order valence-electron chi connectivity index (χ1n) is 10.5. The second-order valence-electron chi connectivity index (χ2n) is 7.36. The van der Waals surface area contributed by atoms with Gasteiger partial charge in [-0.3, -0.25) is 4.79 Å². The van der Waals surface area contributed by atoms with Crippen LogP contribution in [0, 0.1) is 0 Å². The Morgan fingerprint density at radius 2 is 1.91 bits per heavy atom. The summed E-state index contributed by atoms with van der Waals surface area (Å²) in [5.74, 6) is 1.21. The minimum Gasteiger partial charge on any atom is -0.369 e. The standard InChI is InChI=1S/C23H25N5OS3/c1-2-3-12-19(21(24)29)31-22-27-26-20(28(22)14-16-9-5-4-6-10-16)15-30-23-25-17-11-7-8-13-18(17)32-23/h4-11,13,19H,2-3,12,14-15H2,1H3,(H2,24,29)/t19-/m0/s1. The van der Waals surface area contributed by atoms with Gasteiger partial charge in [0.2, 0.25) is 5.91 Å². The summed E-state index contributed by atoms with van der Waals surface area (Å²) < 4.78 is 4.28. The van der Waals surface area contributed by atoms with Crippen molar-refractivity contribution in [1.29, 1.82) is 0 Å². The number of fused-ring (bicyclic) bond motifs is 1. The van der Waals surface area contributed by atoms with E-state index in [9.17, 15) is 4.79 Å². The lowest BCUT2D eigenvalue weighted by Crippen LogP contribution is -2.26. The summed E-state index contributed by atoms with van der Waals surface area (Å²) >= 11 is 4.77. The number of nitrogens with zero attached hydrogens (tertiary/aromatic N) is 4. The molecule has 2 aromatic heterocycles. The van der Waals surface area contributed by atoms with Crippen LogP contribution in [0.25, 0.3) is 10.2 Å². The molecule has 0 saturated carbocycles. The lowest BCUT2D eigenvalue weighted by atomic mass is 10.2. The Balaban J connectivity index is 1.56. The predicted molar refractivity (Wildman–Crippen MR) is 133 cm³/mol. The number of thiazole rings is 1. The van der Waals surface area contributed by atoms with Crippen molar-refractivity contribution in [3.8, 4) is 0 Å². The summed E-state index contributed by atoms with van der Waals surface area (Å²) in [6, 6.07) is 18.4. The topological polar surface area (TPSA) is 86.7 Å². The fraction of sp³-hybridized carbons (Fsp3) is 0.304. The third kappa shape index (κ3) is 5.70. The number of rotatable bonds is 11. The third-order valence-corrected chi connectivity index (χ3v) is 8.40. The lowest BCUT2D eigenvalue weighted by molar-refractivity contribution is -0.117. The molecule has 0 bridgehead atoms. The number of carbonyl (C=O) groups excluding carboxylic acids is 1. The van der Waals surface area contributed by atoms with Crippen LogP contribution in [0.3, 0.4) is 0 Å². The molecule has 166 valence electrons. The minimum absolute atomic E-state index is 0.303. The molecular weight excluding hydrogens is 458 g/mol. The van der Waals surface area contributed by atoms with E-state index in [0.717, 1.165) is 45.7 Å². The number of primary amides is 1. The van der Waals surface area contributed by atoms with E-state index in [2.05, 4.69) is 39.9 Å². The molecule has 9 heteroatoms. The number of nitrogens with two attached hydrogens (primary N) is 1. The second-order valence-corrected chi connectivity index (χ2v) is 10.8. The van der Waals surface area contributed by atoms with Gasteiger partial charge >= 0.3 is 0 Å². The van der Waals surface area contributed by atoms with Gasteiger partial charge in [0.1, 0.15) is 5.82 Å². The molecule has 4 rings (SSSR count). The van der Waals surface area contributed by atoms with Gasteiger partial charge < -0.3 is 10.3 Å². The van der Waals surface area contributed by atoms with Gasteiger partial charge in [0, 0.05) is 0 Å². The van der Waals surface area contributed by atoms with E-state index in [1.807, 2.05) is 36.4 Å². The average Bonchev–Trinajstić information content (AvgIpc) is 3.39. The molecule has 1 atom stereocenters. The zero-order chi connectivity index (χ0) is 22.3. The van der Waals surface area contributed by atoms with E-state index in [1.165, 1.54) is 16.5 Å². The minimum atomic E-state index is -0.307. The van der Waals surface area contributed by atoms with E-state index in [0.29, 0.717) is 12.3 Å². The Morgan fingerprint density at radius 3 is 2.66 bits per heavy atom. The first kappa shape index (κ1) is 22.8. The quantitative estimate of drug-likeness (QED) is 0.289. The van der Waals surface area contributed by atoms with E-state index in [1.54, 1.807) is 23.1 Å². The van der Waals surface area contributed by atoms with Crippen molar-refractivity contribution in [3.63, 3.8) is 0 Å². The van der Waals surface area contributed by atoms with Gasteiger partial charge in [-0.25, -0.2) is 4.98 Å². The van der Waals surface area contributed by atoms with Crippen molar-refractivity contribution >= 4 is 51.0 Å². The first-order chi connectivity index (χ1) is 15.6. The number of aromatic nitrogens is 4. The fourth-order valence-corrected chi connectivity index (χ4v) is 6.30. The smallest absolute Gasteiger partial charge is 0.231 e. The third-order valence-electron chi connectivity index (χ3n) is 4.96. The maximum Gasteiger partial charge on any atom is 0.231 e. The van der Waals surface area contributed by atoms with Crippen LogP contribution in [0.1, 0.15) is 37.6 Å². The van der Waals surface area contributed by atoms with E-state index in [-0.39, 0.29) is 11.2 Å². The zero-order valence-corrected chi connectivity index (χ0v) is 20.3. The molecule has 2 heterocycles. The van der Waals surface area contributed by atoms with Gasteiger partial charge in [0.25, 0.3) is 0 Å². The summed E-state index contributed by atoms with van der Waals surface area (Å²) in [5.41, 5.74) is 7.85. The van der Waals surface area contributed by atoms with Gasteiger partial charge in [-0.15, -0.1) is 21.5 Å². The van der Waals surface area contributed by atoms with E-state index >= 15 is 0 Å². The molecule has 0 aliphatic carbocycles. The molecule has 0 aliphatic rings. The molecule has 0 radical (unpaired) electrons. The first-order valence-corrected chi connectivity index (χ1v) is 13.2. The molecule has 2 N–H and O–H groups in total. The van der Waals surface area contributed by atoms with Crippen LogP contribution in [-0.4, -0.2) is 30.9 Å². The van der Waals surface area contributed by atoms with Crippen LogP contribution in [0.5, 0.6) is 0 Å². The van der Waals surface area contributed by atoms with Crippen LogP contribution >= 0.6 is 34.9 Å². The van der Waals surface area contributed by atoms with Crippen molar-refractivity contribution in [1.82, 2.24) is 19.7 Å². The molecule has 0 aliphatic heterocycles. The molecule has 1 amide bonds. The van der Waals surface area contributed by atoms with Crippen molar-refractivity contribution in [2.24, 2.45) is 5.73 Å². The summed E-state index contributed by atoms with van der Waals surface area (Å²) in [4.78, 5) is 16.7. The van der Waals surface area contributed by atoms with Crippen LogP contribution < -0.4 is 5.73 Å². The van der Waals surface area contributed by atoms with Gasteiger partial charge in [0.05, 0.1) is 27.8 Å². The average molecular weight is 484 g/mol. The summed E-state index contributed by atoms with van der Waals surface area (Å²) in [6.07, 6.45) is 2.71. The summed E-state index contributed by atoms with van der Waals surface area (Å²) in [6.45, 7) is 2.75. The van der Waals surface area contributed by atoms with Gasteiger partial charge in [-0.2, -0.15) is 0 Å². The molecule has 32 heavy (non-hydrogen) atoms. The molecule has 0 spiro atoms. The van der Waals surface area contributed by atoms with Crippen molar-refractivity contribution in [2.45, 2.75) is 53.2 Å². The van der Waals surface area contributed by atoms with Gasteiger partial charge in [-0.05, 0) is 24.1 Å². The highest BCUT2D eigenvalue weighted by molar-refractivity contribution is 8.00. The second kappa shape index (κ2) is 11.0. The SMILES string of the molecule is CCCC[C@H](Sc1nnc(CSc2nc3ccccc3s2)n1Cc1ccccc1)C(N)=O. The highest BCUT2D eigenvalue weighted by Gasteiger charge is 2.22. The number of benzene rings is 2. The summed E-state index contributed by atoms with van der Waals surface area (Å²) in [7, 11) is 0. The predicted octanol–water partition coefficient (Wildman–Crippen LogP) is 5.36. The summed E-state index contributed by atoms with van der Waals surface area (Å²) in [5, 5.41) is 9.33. The van der Waals surface area contributed by atoms with Crippen molar-refractivity contribution in [2.75, 3.05) is 0 Å². The Morgan fingerprint density at radius 1 is 1.12 bits per heavy atom. The molecule has 4 aromatic rings. The largest absolute Gasteiger partial charge is 0.369 e. The van der Waals surface area contributed by atoms with Crippen molar-refractivity contribution < 1.29 is 4.79 Å². The number of unbranched alkanes of at least 4 members (excludes halogenated alkanes) is 1. The molecule has 0 saturated heterocycles. The van der Waals surface area contributed by atoms with Gasteiger partial charge in [-0.1, -0.05) is 85.8 Å². The van der Waals surface area contributed by atoms with Crippen LogP contribution in [0.15, 0.2) is 64.1 Å². The molecule has 0 unspecified atom stereocenters. The maximum atomic E-state index is 12.0. The number of carbonyl (C=O) groups is 1. The van der Waals surface area contributed by atoms with Crippen molar-refractivity contribution in [3.05, 3.63) is 66.0 Å². The fourth-order valence-electron chi connectivity index (χ4n) is 3.25. The Labute approximate surface area is 200 Å².